The Morgan fingerprint density at radius 2 is 1.67 bits per heavy atom. The van der Waals surface area contributed by atoms with Crippen LogP contribution in [0, 0.1) is 10.1 Å². The van der Waals surface area contributed by atoms with Gasteiger partial charge in [-0.05, 0) is 85.0 Å². The zero-order chi connectivity index (χ0) is 29.9. The fourth-order valence-electron chi connectivity index (χ4n) is 4.92. The predicted octanol–water partition coefficient (Wildman–Crippen LogP) is 7.36. The van der Waals surface area contributed by atoms with Crippen molar-refractivity contribution in [3.63, 3.8) is 0 Å². The van der Waals surface area contributed by atoms with E-state index in [-0.39, 0.29) is 17.8 Å². The molecule has 6 rings (SSSR count). The molecule has 0 amide bonds. The molecule has 0 bridgehead atoms. The number of rotatable bonds is 8. The lowest BCUT2D eigenvalue weighted by molar-refractivity contribution is -0.384. The van der Waals surface area contributed by atoms with Crippen molar-refractivity contribution in [2.24, 2.45) is 0 Å². The van der Waals surface area contributed by atoms with Gasteiger partial charge in [0.25, 0.3) is 5.69 Å². The molecule has 1 aliphatic heterocycles. The molecule has 5 aromatic rings. The number of anilines is 1. The number of thiocarbonyl (C=S) groups is 1. The van der Waals surface area contributed by atoms with E-state index in [1.165, 1.54) is 31.0 Å². The molecule has 1 N–H and O–H groups in total. The molecule has 0 aliphatic carbocycles. The first-order valence-corrected chi connectivity index (χ1v) is 14.5. The minimum atomic E-state index is -0.409. The Morgan fingerprint density at radius 3 is 2.30 bits per heavy atom. The van der Waals surface area contributed by atoms with Gasteiger partial charge in [-0.1, -0.05) is 30.0 Å². The number of esters is 1. The number of aromatic nitrogens is 1. The fourth-order valence-corrected chi connectivity index (χ4v) is 6.09. The molecule has 214 valence electrons. The van der Waals surface area contributed by atoms with Gasteiger partial charge in [0.15, 0.2) is 5.11 Å². The molecule has 0 unspecified atom stereocenters. The summed E-state index contributed by atoms with van der Waals surface area (Å²) in [6.45, 7) is 0. The third kappa shape index (κ3) is 5.85. The Kier molecular flexibility index (Phi) is 7.91. The molecule has 1 aliphatic rings. The summed E-state index contributed by atoms with van der Waals surface area (Å²) in [4.78, 5) is 30.9. The summed E-state index contributed by atoms with van der Waals surface area (Å²) in [6.07, 6.45) is 1.75. The lowest BCUT2D eigenvalue weighted by Gasteiger charge is -2.26. The maximum absolute atomic E-state index is 11.9. The molecule has 11 heteroatoms. The first kappa shape index (κ1) is 28.1. The standard InChI is InChI=1S/C32H24N4O5S2/c1-40-31(37)21-7-5-20(6-8-21)27-17-18-28(41-27)30-29(26-4-2-3-19-33-26)34-32(42)35(30)22-9-13-24(14-10-22)43-25-15-11-23(12-16-25)36(38)39/h2-19,29-30H,1H3,(H,34,42)/t29-,30-/m1/s1. The van der Waals surface area contributed by atoms with Gasteiger partial charge < -0.3 is 19.4 Å². The monoisotopic (exact) mass is 608 g/mol. The lowest BCUT2D eigenvalue weighted by Crippen LogP contribution is -2.29. The Hall–Kier alpha value is -5.00. The van der Waals surface area contributed by atoms with Gasteiger partial charge in [-0.3, -0.25) is 15.1 Å². The number of non-ortho nitro benzene ring substituents is 1. The molecule has 0 radical (unpaired) electrons. The van der Waals surface area contributed by atoms with E-state index in [2.05, 4.69) is 10.3 Å². The van der Waals surface area contributed by atoms with Crippen LogP contribution in [0.2, 0.25) is 0 Å². The average molecular weight is 609 g/mol. The van der Waals surface area contributed by atoms with Crippen LogP contribution in [0.25, 0.3) is 11.3 Å². The molecular weight excluding hydrogens is 585 g/mol. The number of nitrogens with zero attached hydrogens (tertiary/aromatic N) is 3. The van der Waals surface area contributed by atoms with Gasteiger partial charge in [-0.25, -0.2) is 4.79 Å². The molecule has 1 saturated heterocycles. The van der Waals surface area contributed by atoms with Gasteiger partial charge in [0.05, 0.1) is 29.3 Å². The van der Waals surface area contributed by atoms with Crippen LogP contribution in [-0.2, 0) is 4.74 Å². The summed E-state index contributed by atoms with van der Waals surface area (Å²) in [6, 6.07) is 30.5. The maximum atomic E-state index is 11.9. The normalized spacial score (nSPS) is 16.1. The van der Waals surface area contributed by atoms with Crippen molar-refractivity contribution in [2.75, 3.05) is 12.0 Å². The highest BCUT2D eigenvalue weighted by atomic mass is 32.2. The third-order valence-electron chi connectivity index (χ3n) is 7.01. The number of ether oxygens (including phenoxy) is 1. The van der Waals surface area contributed by atoms with Gasteiger partial charge in [0, 0.05) is 39.4 Å². The fraction of sp³-hybridized carbons (Fsp3) is 0.0938. The summed E-state index contributed by atoms with van der Waals surface area (Å²) in [5.41, 5.74) is 3.03. The average Bonchev–Trinajstić information content (AvgIpc) is 3.66. The molecular formula is C32H24N4O5S2. The number of carbonyl (C=O) groups is 1. The van der Waals surface area contributed by atoms with E-state index in [0.717, 1.165) is 26.7 Å². The van der Waals surface area contributed by atoms with Crippen LogP contribution in [0.1, 0.15) is 33.9 Å². The quantitative estimate of drug-likeness (QED) is 0.0830. The molecule has 2 aromatic heterocycles. The van der Waals surface area contributed by atoms with Crippen LogP contribution in [0.5, 0.6) is 0 Å². The number of nitro benzene ring substituents is 1. The topological polar surface area (TPSA) is 111 Å². The third-order valence-corrected chi connectivity index (χ3v) is 8.34. The molecule has 3 aromatic carbocycles. The SMILES string of the molecule is COC(=O)c1ccc(-c2ccc([C@@H]3[C@@H](c4ccccn4)NC(=S)N3c3ccc(Sc4ccc([N+](=O)[O-])cc4)cc3)o2)cc1. The van der Waals surface area contributed by atoms with Gasteiger partial charge in [0.1, 0.15) is 17.6 Å². The Balaban J connectivity index is 1.30. The summed E-state index contributed by atoms with van der Waals surface area (Å²) in [7, 11) is 1.35. The zero-order valence-electron chi connectivity index (χ0n) is 22.7. The predicted molar refractivity (Wildman–Crippen MR) is 167 cm³/mol. The van der Waals surface area contributed by atoms with E-state index in [4.69, 9.17) is 21.4 Å². The Labute approximate surface area is 256 Å². The van der Waals surface area contributed by atoms with Crippen molar-refractivity contribution in [1.29, 1.82) is 0 Å². The smallest absolute Gasteiger partial charge is 0.337 e. The number of furan rings is 1. The van der Waals surface area contributed by atoms with Crippen molar-refractivity contribution < 1.29 is 18.9 Å². The van der Waals surface area contributed by atoms with E-state index in [9.17, 15) is 14.9 Å². The van der Waals surface area contributed by atoms with E-state index < -0.39 is 10.9 Å². The number of pyridine rings is 1. The number of nitro groups is 1. The molecule has 2 atom stereocenters. The number of hydrogen-bond acceptors (Lipinski definition) is 8. The number of nitrogens with one attached hydrogen (secondary N) is 1. The second-order valence-electron chi connectivity index (χ2n) is 9.61. The number of benzene rings is 3. The Morgan fingerprint density at radius 1 is 0.977 bits per heavy atom. The van der Waals surface area contributed by atoms with E-state index in [1.807, 2.05) is 71.6 Å². The molecule has 9 nitrogen and oxygen atoms in total. The van der Waals surface area contributed by atoms with Crippen LogP contribution >= 0.6 is 24.0 Å². The number of methoxy groups -OCH3 is 1. The molecule has 1 fully saturated rings. The molecule has 0 saturated carbocycles. The van der Waals surface area contributed by atoms with Gasteiger partial charge in [-0.2, -0.15) is 0 Å². The second-order valence-corrected chi connectivity index (χ2v) is 11.1. The van der Waals surface area contributed by atoms with Crippen LogP contribution in [-0.4, -0.2) is 28.1 Å². The largest absolute Gasteiger partial charge is 0.465 e. The number of hydrogen-bond donors (Lipinski definition) is 1. The maximum Gasteiger partial charge on any atom is 0.337 e. The summed E-state index contributed by atoms with van der Waals surface area (Å²) >= 11 is 7.35. The van der Waals surface area contributed by atoms with E-state index >= 15 is 0 Å². The molecule has 43 heavy (non-hydrogen) atoms. The van der Waals surface area contributed by atoms with E-state index in [1.54, 1.807) is 30.5 Å². The number of carbonyl (C=O) groups excluding carboxylic acids is 1. The van der Waals surface area contributed by atoms with Crippen LogP contribution in [0.4, 0.5) is 11.4 Å². The molecule has 3 heterocycles. The van der Waals surface area contributed by atoms with Crippen molar-refractivity contribution in [1.82, 2.24) is 10.3 Å². The van der Waals surface area contributed by atoms with E-state index in [0.29, 0.717) is 22.2 Å². The highest BCUT2D eigenvalue weighted by Crippen LogP contribution is 2.43. The first-order chi connectivity index (χ1) is 20.9. The summed E-state index contributed by atoms with van der Waals surface area (Å²) < 4.78 is 11.2. The second kappa shape index (κ2) is 12.1. The lowest BCUT2D eigenvalue weighted by atomic mass is 10.0. The van der Waals surface area contributed by atoms with Crippen molar-refractivity contribution in [3.05, 3.63) is 136 Å². The summed E-state index contributed by atoms with van der Waals surface area (Å²) in [5.74, 6) is 0.946. The zero-order valence-corrected chi connectivity index (χ0v) is 24.4. The minimum absolute atomic E-state index is 0.0579. The van der Waals surface area contributed by atoms with Crippen molar-refractivity contribution in [3.8, 4) is 11.3 Å². The highest BCUT2D eigenvalue weighted by molar-refractivity contribution is 7.99. The van der Waals surface area contributed by atoms with Crippen LogP contribution in [0.15, 0.2) is 124 Å². The van der Waals surface area contributed by atoms with Crippen LogP contribution < -0.4 is 10.2 Å². The Bertz CT molecular complexity index is 1780. The van der Waals surface area contributed by atoms with Crippen molar-refractivity contribution >= 4 is 46.4 Å². The van der Waals surface area contributed by atoms with Gasteiger partial charge in [0.2, 0.25) is 0 Å². The highest BCUT2D eigenvalue weighted by Gasteiger charge is 2.42. The first-order valence-electron chi connectivity index (χ1n) is 13.2. The van der Waals surface area contributed by atoms with Gasteiger partial charge in [-0.15, -0.1) is 0 Å². The van der Waals surface area contributed by atoms with Crippen molar-refractivity contribution in [2.45, 2.75) is 21.9 Å². The molecule has 0 spiro atoms. The minimum Gasteiger partial charge on any atom is -0.465 e. The summed E-state index contributed by atoms with van der Waals surface area (Å²) in [5, 5.41) is 14.9. The van der Waals surface area contributed by atoms with Crippen LogP contribution in [0.3, 0.4) is 0 Å². The van der Waals surface area contributed by atoms with Gasteiger partial charge >= 0.3 is 5.97 Å².